The Balaban J connectivity index is 1.31. The molecule has 0 unspecified atom stereocenters. The molecule has 0 atom stereocenters. The van der Waals surface area contributed by atoms with Crippen LogP contribution in [0.25, 0.3) is 0 Å². The lowest BCUT2D eigenvalue weighted by atomic mass is 9.74. The molecule has 1 amide bonds. The number of alkyl halides is 2. The lowest BCUT2D eigenvalue weighted by Gasteiger charge is -2.39. The highest BCUT2D eigenvalue weighted by atomic mass is 32.2. The normalized spacial score (nSPS) is 20.0. The van der Waals surface area contributed by atoms with E-state index >= 15 is 0 Å². The van der Waals surface area contributed by atoms with Crippen molar-refractivity contribution in [3.8, 4) is 5.75 Å². The molecule has 2 aromatic carbocycles. The number of hydrogen-bond acceptors (Lipinski definition) is 5. The summed E-state index contributed by atoms with van der Waals surface area (Å²) in [5.74, 6) is -0.162. The van der Waals surface area contributed by atoms with Crippen LogP contribution in [0.15, 0.2) is 54.6 Å². The maximum absolute atomic E-state index is 13.3. The third-order valence-corrected chi connectivity index (χ3v) is 9.13. The minimum absolute atomic E-state index is 0.00507. The molecule has 0 radical (unpaired) electrons. The first-order valence-corrected chi connectivity index (χ1v) is 13.7. The standard InChI is InChI=1S/C26H33F2N3O4S/c1-25(2)18-26(19-31(25)36(33,34)17-20-6-4-3-5-7-20)12-14-30(15-13-26)16-23(32)29-21-8-10-22(11-9-21)35-24(27)28/h3-11,24H,12-19H2,1-2H3,(H,29,32). The number of carbonyl (C=O) groups is 1. The molecule has 2 aliphatic heterocycles. The number of halogens is 2. The summed E-state index contributed by atoms with van der Waals surface area (Å²) in [5, 5.41) is 2.78. The second kappa shape index (κ2) is 10.4. The van der Waals surface area contributed by atoms with E-state index in [0.717, 1.165) is 24.8 Å². The predicted octanol–water partition coefficient (Wildman–Crippen LogP) is 4.32. The van der Waals surface area contributed by atoms with E-state index in [1.54, 1.807) is 4.31 Å². The summed E-state index contributed by atoms with van der Waals surface area (Å²) in [6.45, 7) is 3.24. The Kier molecular flexibility index (Phi) is 7.68. The molecule has 0 saturated carbocycles. The molecule has 0 bridgehead atoms. The molecule has 2 heterocycles. The van der Waals surface area contributed by atoms with Crippen molar-refractivity contribution in [3.05, 3.63) is 60.2 Å². The first-order chi connectivity index (χ1) is 17.0. The van der Waals surface area contributed by atoms with Crippen LogP contribution in [0, 0.1) is 5.41 Å². The van der Waals surface area contributed by atoms with Gasteiger partial charge in [0.25, 0.3) is 0 Å². The summed E-state index contributed by atoms with van der Waals surface area (Å²) < 4.78 is 57.2. The summed E-state index contributed by atoms with van der Waals surface area (Å²) in [7, 11) is -3.47. The number of likely N-dealkylation sites (tertiary alicyclic amines) is 1. The zero-order valence-corrected chi connectivity index (χ0v) is 21.4. The summed E-state index contributed by atoms with van der Waals surface area (Å²) >= 11 is 0. The van der Waals surface area contributed by atoms with Crippen molar-refractivity contribution in [2.75, 3.05) is 31.5 Å². The Morgan fingerprint density at radius 1 is 1.06 bits per heavy atom. The van der Waals surface area contributed by atoms with Crippen LogP contribution < -0.4 is 10.1 Å². The largest absolute Gasteiger partial charge is 0.435 e. The minimum Gasteiger partial charge on any atom is -0.435 e. The molecule has 7 nitrogen and oxygen atoms in total. The van der Waals surface area contributed by atoms with E-state index in [4.69, 9.17) is 0 Å². The van der Waals surface area contributed by atoms with E-state index in [1.165, 1.54) is 24.3 Å². The number of hydrogen-bond donors (Lipinski definition) is 1. The number of piperidine rings is 1. The van der Waals surface area contributed by atoms with Crippen molar-refractivity contribution in [2.24, 2.45) is 5.41 Å². The van der Waals surface area contributed by atoms with E-state index in [0.29, 0.717) is 25.3 Å². The summed E-state index contributed by atoms with van der Waals surface area (Å²) in [5.41, 5.74) is 0.729. The number of sulfonamides is 1. The van der Waals surface area contributed by atoms with Gasteiger partial charge in [0.05, 0.1) is 12.3 Å². The smallest absolute Gasteiger partial charge is 0.387 e. The Morgan fingerprint density at radius 3 is 2.31 bits per heavy atom. The first-order valence-electron chi connectivity index (χ1n) is 12.1. The molecule has 0 aromatic heterocycles. The molecule has 0 aliphatic carbocycles. The SMILES string of the molecule is CC1(C)CC2(CCN(CC(=O)Nc3ccc(OC(F)F)cc3)CC2)CN1S(=O)(=O)Cc1ccccc1. The second-order valence-electron chi connectivity index (χ2n) is 10.5. The highest BCUT2D eigenvalue weighted by Gasteiger charge is 2.53. The van der Waals surface area contributed by atoms with Crippen LogP contribution in [0.5, 0.6) is 5.75 Å². The van der Waals surface area contributed by atoms with Crippen molar-refractivity contribution in [3.63, 3.8) is 0 Å². The van der Waals surface area contributed by atoms with Gasteiger partial charge in [0.2, 0.25) is 15.9 Å². The van der Waals surface area contributed by atoms with Crippen LogP contribution in [0.2, 0.25) is 0 Å². The second-order valence-corrected chi connectivity index (χ2v) is 12.4. The molecule has 1 N–H and O–H groups in total. The van der Waals surface area contributed by atoms with Gasteiger partial charge in [-0.25, -0.2) is 8.42 Å². The van der Waals surface area contributed by atoms with Crippen molar-refractivity contribution < 1.29 is 26.7 Å². The minimum atomic E-state index is -3.47. The zero-order valence-electron chi connectivity index (χ0n) is 20.6. The Bertz CT molecular complexity index is 1150. The van der Waals surface area contributed by atoms with E-state index in [1.807, 2.05) is 44.2 Å². The van der Waals surface area contributed by atoms with Crippen LogP contribution in [0.3, 0.4) is 0 Å². The molecule has 2 fully saturated rings. The number of carbonyl (C=O) groups excluding carboxylic acids is 1. The number of amides is 1. The van der Waals surface area contributed by atoms with Crippen molar-refractivity contribution in [2.45, 2.75) is 51.0 Å². The van der Waals surface area contributed by atoms with Gasteiger partial charge in [-0.05, 0) is 81.4 Å². The fraction of sp³-hybridized carbons (Fsp3) is 0.500. The van der Waals surface area contributed by atoms with Gasteiger partial charge < -0.3 is 10.1 Å². The summed E-state index contributed by atoms with van der Waals surface area (Å²) in [4.78, 5) is 14.6. The average Bonchev–Trinajstić information content (AvgIpc) is 3.08. The van der Waals surface area contributed by atoms with Gasteiger partial charge in [0.15, 0.2) is 0 Å². The number of rotatable bonds is 8. The van der Waals surface area contributed by atoms with Crippen molar-refractivity contribution in [1.29, 1.82) is 0 Å². The van der Waals surface area contributed by atoms with E-state index in [2.05, 4.69) is 15.0 Å². The molecule has 36 heavy (non-hydrogen) atoms. The molecule has 2 aromatic rings. The van der Waals surface area contributed by atoms with Gasteiger partial charge in [-0.1, -0.05) is 30.3 Å². The first kappa shape index (κ1) is 26.5. The predicted molar refractivity (Wildman–Crippen MR) is 134 cm³/mol. The topological polar surface area (TPSA) is 79.0 Å². The maximum Gasteiger partial charge on any atom is 0.387 e. The van der Waals surface area contributed by atoms with Gasteiger partial charge in [0.1, 0.15) is 5.75 Å². The molecular weight excluding hydrogens is 488 g/mol. The molecule has 1 spiro atoms. The highest BCUT2D eigenvalue weighted by molar-refractivity contribution is 7.88. The lowest BCUT2D eigenvalue weighted by Crippen LogP contribution is -2.45. The molecule has 2 aliphatic rings. The average molecular weight is 522 g/mol. The third-order valence-electron chi connectivity index (χ3n) is 7.14. The van der Waals surface area contributed by atoms with E-state index in [9.17, 15) is 22.0 Å². The fourth-order valence-electron chi connectivity index (χ4n) is 5.56. The summed E-state index contributed by atoms with van der Waals surface area (Å²) in [6.07, 6.45) is 2.43. The van der Waals surface area contributed by atoms with Gasteiger partial charge in [0, 0.05) is 17.8 Å². The van der Waals surface area contributed by atoms with E-state index in [-0.39, 0.29) is 29.4 Å². The van der Waals surface area contributed by atoms with E-state index < -0.39 is 22.2 Å². The lowest BCUT2D eigenvalue weighted by molar-refractivity contribution is -0.117. The molecule has 4 rings (SSSR count). The van der Waals surface area contributed by atoms with Crippen LogP contribution in [0.1, 0.15) is 38.7 Å². The number of nitrogens with one attached hydrogen (secondary N) is 1. The highest BCUT2D eigenvalue weighted by Crippen LogP contribution is 2.49. The summed E-state index contributed by atoms with van der Waals surface area (Å²) in [6, 6.07) is 15.1. The molecule has 196 valence electrons. The van der Waals surface area contributed by atoms with Crippen molar-refractivity contribution >= 4 is 21.6 Å². The molecular formula is C26H33F2N3O4S. The van der Waals surface area contributed by atoms with Crippen LogP contribution in [0.4, 0.5) is 14.5 Å². The fourth-order valence-corrected chi connectivity index (χ4v) is 7.62. The Hall–Kier alpha value is -2.56. The van der Waals surface area contributed by atoms with Gasteiger partial charge >= 0.3 is 6.61 Å². The van der Waals surface area contributed by atoms with Gasteiger partial charge in [-0.3, -0.25) is 9.69 Å². The van der Waals surface area contributed by atoms with Crippen LogP contribution >= 0.6 is 0 Å². The molecule has 10 heteroatoms. The van der Waals surface area contributed by atoms with Gasteiger partial charge in [-0.2, -0.15) is 13.1 Å². The maximum atomic E-state index is 13.3. The monoisotopic (exact) mass is 521 g/mol. The van der Waals surface area contributed by atoms with Crippen LogP contribution in [-0.2, 0) is 20.6 Å². The third kappa shape index (κ3) is 6.41. The Morgan fingerprint density at radius 2 is 1.69 bits per heavy atom. The number of benzene rings is 2. The number of nitrogens with zero attached hydrogens (tertiary/aromatic N) is 2. The Labute approximate surface area is 211 Å². The van der Waals surface area contributed by atoms with Gasteiger partial charge in [-0.15, -0.1) is 0 Å². The van der Waals surface area contributed by atoms with Crippen molar-refractivity contribution in [1.82, 2.24) is 9.21 Å². The molecule has 2 saturated heterocycles. The quantitative estimate of drug-likeness (QED) is 0.560. The zero-order chi connectivity index (χ0) is 26.0. The number of ether oxygens (including phenoxy) is 1. The van der Waals surface area contributed by atoms with Crippen LogP contribution in [-0.4, -0.2) is 61.9 Å². The number of anilines is 1.